The molecule has 8 rings (SSSR count). The number of carbonyl (C=O) groups is 2. The average Bonchev–Trinajstić information content (AvgIpc) is 3.55. The first-order chi connectivity index (χ1) is 25.4. The maximum atomic E-state index is 15.2. The van der Waals surface area contributed by atoms with Gasteiger partial charge in [0.15, 0.2) is 0 Å². The number of fused-ring (bicyclic) bond motifs is 7. The fourth-order valence-electron chi connectivity index (χ4n) is 9.55. The molecule has 1 aromatic heterocycles. The van der Waals surface area contributed by atoms with Crippen molar-refractivity contribution < 1.29 is 22.7 Å². The third-order valence-corrected chi connectivity index (χ3v) is 13.6. The van der Waals surface area contributed by atoms with Gasteiger partial charge in [-0.25, -0.2) is 4.72 Å². The molecule has 4 aliphatic rings. The standard InChI is InChI=1S/C42H51N5O5S/c1-42(41(49)47-32-16-17-33(47)25-45(4)24-32)23-31-21-34(52-26-28-11-7-5-8-12-28)18-20-35(31)39-38(29-13-9-6-10-14-29)36-19-15-30(22-37(36)46(39)27-42)40(48)43-53(50,51)44(2)3/h5,7-8,11-12,15,18-22,29,32-33H,6,9-10,13-14,16-17,23-27H2,1-4H3,(H,43,48). The monoisotopic (exact) mass is 737 g/mol. The smallest absolute Gasteiger partial charge is 0.303 e. The van der Waals surface area contributed by atoms with Gasteiger partial charge in [0.05, 0.1) is 11.1 Å². The average molecular weight is 738 g/mol. The quantitative estimate of drug-likeness (QED) is 0.227. The second-order valence-electron chi connectivity index (χ2n) is 16.3. The first-order valence-corrected chi connectivity index (χ1v) is 20.6. The molecule has 2 saturated heterocycles. The zero-order chi connectivity index (χ0) is 37.1. The summed E-state index contributed by atoms with van der Waals surface area (Å²) in [5.41, 5.74) is 5.96. The van der Waals surface area contributed by atoms with Crippen LogP contribution in [0.3, 0.4) is 0 Å². The maximum Gasteiger partial charge on any atom is 0.303 e. The number of nitrogens with one attached hydrogen (secondary N) is 1. The molecule has 53 heavy (non-hydrogen) atoms. The van der Waals surface area contributed by atoms with Crippen molar-refractivity contribution >= 4 is 32.9 Å². The lowest BCUT2D eigenvalue weighted by atomic mass is 9.79. The van der Waals surface area contributed by atoms with Gasteiger partial charge in [0.25, 0.3) is 5.91 Å². The highest BCUT2D eigenvalue weighted by atomic mass is 32.2. The zero-order valence-corrected chi connectivity index (χ0v) is 32.1. The first-order valence-electron chi connectivity index (χ1n) is 19.1. The molecule has 0 spiro atoms. The molecule has 4 heterocycles. The topological polar surface area (TPSA) is 104 Å². The van der Waals surface area contributed by atoms with Crippen molar-refractivity contribution in [1.29, 1.82) is 0 Å². The van der Waals surface area contributed by atoms with Crippen LogP contribution >= 0.6 is 0 Å². The van der Waals surface area contributed by atoms with Crippen LogP contribution in [-0.4, -0.2) is 85.2 Å². The fraction of sp³-hybridized carbons (Fsp3) is 0.476. The Morgan fingerprint density at radius 1 is 0.925 bits per heavy atom. The summed E-state index contributed by atoms with van der Waals surface area (Å²) in [7, 11) is 0.941. The van der Waals surface area contributed by atoms with E-state index in [-0.39, 0.29) is 23.6 Å². The molecule has 280 valence electrons. The summed E-state index contributed by atoms with van der Waals surface area (Å²) in [5, 5.41) is 1.06. The highest BCUT2D eigenvalue weighted by Crippen LogP contribution is 2.50. The molecule has 3 atom stereocenters. The first kappa shape index (κ1) is 35.8. The van der Waals surface area contributed by atoms with Crippen molar-refractivity contribution in [3.63, 3.8) is 0 Å². The van der Waals surface area contributed by atoms with E-state index in [4.69, 9.17) is 4.74 Å². The lowest BCUT2D eigenvalue weighted by molar-refractivity contribution is -0.147. The maximum absolute atomic E-state index is 15.2. The molecule has 3 aromatic carbocycles. The van der Waals surface area contributed by atoms with Crippen LogP contribution in [0.25, 0.3) is 22.2 Å². The number of benzene rings is 3. The number of hydrogen-bond acceptors (Lipinski definition) is 6. The van der Waals surface area contributed by atoms with E-state index in [1.807, 2.05) is 36.4 Å². The van der Waals surface area contributed by atoms with Gasteiger partial charge in [-0.3, -0.25) is 9.59 Å². The summed E-state index contributed by atoms with van der Waals surface area (Å²) in [6.45, 7) is 4.76. The van der Waals surface area contributed by atoms with Gasteiger partial charge in [0.1, 0.15) is 12.4 Å². The van der Waals surface area contributed by atoms with Crippen LogP contribution < -0.4 is 9.46 Å². The van der Waals surface area contributed by atoms with Gasteiger partial charge < -0.3 is 19.1 Å². The van der Waals surface area contributed by atoms with Crippen LogP contribution in [0, 0.1) is 5.41 Å². The molecule has 4 aromatic rings. The van der Waals surface area contributed by atoms with Gasteiger partial charge in [-0.15, -0.1) is 0 Å². The lowest BCUT2D eigenvalue weighted by Gasteiger charge is -2.44. The minimum absolute atomic E-state index is 0.180. The molecule has 3 unspecified atom stereocenters. The van der Waals surface area contributed by atoms with E-state index in [0.717, 1.165) is 95.0 Å². The minimum Gasteiger partial charge on any atom is -0.489 e. The Labute approximate surface area is 313 Å². The van der Waals surface area contributed by atoms with Crippen LogP contribution in [0.2, 0.25) is 0 Å². The van der Waals surface area contributed by atoms with Crippen molar-refractivity contribution in [2.75, 3.05) is 34.2 Å². The Kier molecular flexibility index (Phi) is 9.40. The van der Waals surface area contributed by atoms with Crippen LogP contribution in [-0.2, 0) is 34.6 Å². The van der Waals surface area contributed by atoms with Crippen molar-refractivity contribution in [3.05, 3.63) is 89.0 Å². The largest absolute Gasteiger partial charge is 0.489 e. The summed E-state index contributed by atoms with van der Waals surface area (Å²) in [6, 6.07) is 22.5. The highest BCUT2D eigenvalue weighted by molar-refractivity contribution is 7.87. The number of likely N-dealkylation sites (N-methyl/N-ethyl adjacent to an activating group) is 1. The van der Waals surface area contributed by atoms with E-state index in [1.165, 1.54) is 26.1 Å². The summed E-state index contributed by atoms with van der Waals surface area (Å²) in [5.74, 6) is 0.593. The molecule has 3 aliphatic heterocycles. The Bertz CT molecular complexity index is 2140. The minimum atomic E-state index is -3.99. The van der Waals surface area contributed by atoms with Crippen LogP contribution in [0.5, 0.6) is 5.75 Å². The lowest BCUT2D eigenvalue weighted by Crippen LogP contribution is -2.58. The van der Waals surface area contributed by atoms with E-state index in [2.05, 4.69) is 57.3 Å². The van der Waals surface area contributed by atoms with Gasteiger partial charge in [-0.2, -0.15) is 12.7 Å². The molecular weight excluding hydrogens is 687 g/mol. The number of rotatable bonds is 8. The van der Waals surface area contributed by atoms with E-state index >= 15 is 4.79 Å². The number of carbonyl (C=O) groups excluding carboxylic acids is 2. The van der Waals surface area contributed by atoms with Crippen molar-refractivity contribution in [3.8, 4) is 17.0 Å². The predicted molar refractivity (Wildman–Crippen MR) is 207 cm³/mol. The van der Waals surface area contributed by atoms with Crippen molar-refractivity contribution in [2.24, 2.45) is 5.41 Å². The number of aromatic nitrogens is 1. The Morgan fingerprint density at radius 2 is 1.64 bits per heavy atom. The summed E-state index contributed by atoms with van der Waals surface area (Å²) in [4.78, 5) is 33.2. The number of nitrogens with zero attached hydrogens (tertiary/aromatic N) is 4. The molecule has 2 bridgehead atoms. The fourth-order valence-corrected chi connectivity index (χ4v) is 10.1. The molecule has 3 fully saturated rings. The summed E-state index contributed by atoms with van der Waals surface area (Å²) < 4.78 is 37.2. The highest BCUT2D eigenvalue weighted by Gasteiger charge is 2.49. The Morgan fingerprint density at radius 3 is 2.34 bits per heavy atom. The normalized spacial score (nSPS) is 23.5. The third-order valence-electron chi connectivity index (χ3n) is 12.2. The number of likely N-dealkylation sites (tertiary alicyclic amines) is 1. The Balaban J connectivity index is 1.29. The van der Waals surface area contributed by atoms with Crippen LogP contribution in [0.1, 0.15) is 84.8 Å². The summed E-state index contributed by atoms with van der Waals surface area (Å²) in [6.07, 6.45) is 8.25. The summed E-state index contributed by atoms with van der Waals surface area (Å²) >= 11 is 0. The molecule has 10 nitrogen and oxygen atoms in total. The van der Waals surface area contributed by atoms with E-state index in [9.17, 15) is 13.2 Å². The molecule has 1 aliphatic carbocycles. The van der Waals surface area contributed by atoms with Gasteiger partial charge in [-0.05, 0) is 99.0 Å². The zero-order valence-electron chi connectivity index (χ0n) is 31.3. The second kappa shape index (κ2) is 13.9. The van der Waals surface area contributed by atoms with E-state index in [0.29, 0.717) is 25.5 Å². The molecule has 1 N–H and O–H groups in total. The molecular formula is C42H51N5O5S. The number of hydrogen-bond donors (Lipinski definition) is 1. The molecule has 1 saturated carbocycles. The Hall–Kier alpha value is -4.19. The molecule has 0 radical (unpaired) electrons. The third kappa shape index (κ3) is 6.65. The van der Waals surface area contributed by atoms with Crippen molar-refractivity contribution in [2.45, 2.75) is 89.4 Å². The van der Waals surface area contributed by atoms with Gasteiger partial charge in [0.2, 0.25) is 5.91 Å². The van der Waals surface area contributed by atoms with Gasteiger partial charge >= 0.3 is 10.2 Å². The van der Waals surface area contributed by atoms with Crippen LogP contribution in [0.15, 0.2) is 66.7 Å². The van der Waals surface area contributed by atoms with E-state index in [1.54, 1.807) is 6.07 Å². The van der Waals surface area contributed by atoms with Crippen LogP contribution in [0.4, 0.5) is 0 Å². The predicted octanol–water partition coefficient (Wildman–Crippen LogP) is 6.34. The number of piperazine rings is 1. The molecule has 11 heteroatoms. The molecule has 2 amide bonds. The number of ether oxygens (including phenoxy) is 1. The van der Waals surface area contributed by atoms with E-state index < -0.39 is 21.5 Å². The second-order valence-corrected chi connectivity index (χ2v) is 18.2. The SMILES string of the molecule is CN1CC2CCC(C1)N2C(=O)C1(C)Cc2cc(OCc3ccccc3)ccc2-c2c(C3CCCCC3)c3ccc(C(=O)NS(=O)(=O)N(C)C)cc3n2C1. The van der Waals surface area contributed by atoms with Gasteiger partial charge in [0, 0.05) is 67.8 Å². The van der Waals surface area contributed by atoms with Crippen molar-refractivity contribution in [1.82, 2.24) is 23.4 Å². The number of amides is 2. The van der Waals surface area contributed by atoms with Gasteiger partial charge in [-0.1, -0.05) is 55.7 Å².